The van der Waals surface area contributed by atoms with Crippen molar-refractivity contribution in [3.63, 3.8) is 0 Å². The van der Waals surface area contributed by atoms with Gasteiger partial charge in [-0.2, -0.15) is 0 Å². The summed E-state index contributed by atoms with van der Waals surface area (Å²) in [5.74, 6) is 0. The van der Waals surface area contributed by atoms with Crippen LogP contribution in [0.15, 0.2) is 121 Å². The van der Waals surface area contributed by atoms with Crippen LogP contribution in [-0.4, -0.2) is 32.3 Å². The van der Waals surface area contributed by atoms with E-state index >= 15 is 0 Å². The average Bonchev–Trinajstić information content (AvgIpc) is 3.41. The van der Waals surface area contributed by atoms with E-state index in [1.165, 1.54) is 31.7 Å². The van der Waals surface area contributed by atoms with Gasteiger partial charge in [0.2, 0.25) is 0 Å². The molecule has 0 aromatic heterocycles. The first kappa shape index (κ1) is 21.9. The van der Waals surface area contributed by atoms with Gasteiger partial charge in [0.15, 0.2) is 0 Å². The van der Waals surface area contributed by atoms with E-state index in [-0.39, 0.29) is 0 Å². The van der Waals surface area contributed by atoms with E-state index in [2.05, 4.69) is 66.7 Å². The second-order valence-electron chi connectivity index (χ2n) is 8.94. The quantitative estimate of drug-likeness (QED) is 0.269. The second-order valence-corrected chi connectivity index (χ2v) is 15.1. The van der Waals surface area contributed by atoms with Crippen LogP contribution in [-0.2, 0) is 3.83 Å². The average molecular weight is 596 g/mol. The predicted molar refractivity (Wildman–Crippen MR) is 153 cm³/mol. The van der Waals surface area contributed by atoms with Crippen molar-refractivity contribution in [3.8, 4) is 22.3 Å². The van der Waals surface area contributed by atoms with E-state index in [1.54, 1.807) is 0 Å². The minimum absolute atomic E-state index is 1.03. The van der Waals surface area contributed by atoms with Crippen molar-refractivity contribution in [2.45, 2.75) is 0 Å². The van der Waals surface area contributed by atoms with Gasteiger partial charge in [-0.15, -0.1) is 0 Å². The molecule has 4 heteroatoms. The molecule has 2 atom stereocenters. The monoisotopic (exact) mass is 598 g/mol. The fourth-order valence-corrected chi connectivity index (χ4v) is 12.3. The second kappa shape index (κ2) is 8.64. The molecule has 2 nitrogen and oxygen atoms in total. The summed E-state index contributed by atoms with van der Waals surface area (Å²) in [6, 6.07) is 41.4. The summed E-state index contributed by atoms with van der Waals surface area (Å²) in [6.45, 7) is 0. The Morgan fingerprint density at radius 1 is 0.528 bits per heavy atom. The zero-order chi connectivity index (χ0) is 24.2. The number of fused-ring (bicyclic) bond motifs is 10. The molecule has 0 bridgehead atoms. The molecular formula is C32H22O2Se2. The third-order valence-electron chi connectivity index (χ3n) is 6.98. The van der Waals surface area contributed by atoms with Crippen LogP contribution >= 0.6 is 0 Å². The molecule has 36 heavy (non-hydrogen) atoms. The van der Waals surface area contributed by atoms with Gasteiger partial charge in [-0.1, -0.05) is 0 Å². The van der Waals surface area contributed by atoms with Gasteiger partial charge in [0.25, 0.3) is 0 Å². The molecule has 6 aromatic carbocycles. The zero-order valence-corrected chi connectivity index (χ0v) is 22.8. The Bertz CT molecular complexity index is 1840. The van der Waals surface area contributed by atoms with Crippen LogP contribution < -0.4 is 17.8 Å². The Morgan fingerprint density at radius 3 is 1.92 bits per heavy atom. The summed E-state index contributed by atoms with van der Waals surface area (Å²) in [6.07, 6.45) is 0. The molecule has 0 fully saturated rings. The summed E-state index contributed by atoms with van der Waals surface area (Å²) in [4.78, 5) is 0. The molecule has 2 heterocycles. The molecule has 8 rings (SSSR count). The minimum atomic E-state index is -2.10. The molecule has 2 aliphatic rings. The zero-order valence-electron chi connectivity index (χ0n) is 19.3. The fourth-order valence-electron chi connectivity index (χ4n) is 5.32. The molecule has 0 saturated carbocycles. The van der Waals surface area contributed by atoms with E-state index in [4.69, 9.17) is 0 Å². The normalized spacial score (nSPS) is 17.6. The Kier molecular flexibility index (Phi) is 5.25. The van der Waals surface area contributed by atoms with Crippen molar-refractivity contribution in [2.75, 3.05) is 0 Å². The van der Waals surface area contributed by atoms with E-state index in [0.29, 0.717) is 0 Å². The maximum absolute atomic E-state index is 12.7. The molecule has 0 radical (unpaired) electrons. The molecule has 1 N–H and O–H groups in total. The van der Waals surface area contributed by atoms with Gasteiger partial charge >= 0.3 is 219 Å². The number of benzene rings is 6. The molecule has 6 aromatic rings. The van der Waals surface area contributed by atoms with E-state index in [1.807, 2.05) is 54.6 Å². The molecule has 0 spiro atoms. The van der Waals surface area contributed by atoms with Crippen LogP contribution in [0.3, 0.4) is 0 Å². The third kappa shape index (κ3) is 3.28. The van der Waals surface area contributed by atoms with Crippen LogP contribution in [0.25, 0.3) is 43.8 Å². The Labute approximate surface area is 218 Å². The summed E-state index contributed by atoms with van der Waals surface area (Å²) in [5, 5.41) is 4.76. The van der Waals surface area contributed by atoms with Crippen molar-refractivity contribution in [1.29, 1.82) is 0 Å². The standard InChI is InChI=1S/C16H12OSe.C16H10OSe/c2*17-18-15-8-4-3-7-13(15)14-10-9-11-5-1-2-6-12(11)16(14)18/h1-10,17-18H;1-10H. The van der Waals surface area contributed by atoms with E-state index in [0.717, 1.165) is 29.9 Å². The molecule has 0 saturated heterocycles. The SMILES string of the molecule is O=[Se]1c2ccccc2-c2ccc3ccccc3c21.O[SeH]1c2ccccc2-c2ccc3ccccc3c21. The van der Waals surface area contributed by atoms with E-state index < -0.39 is 28.1 Å². The number of hydrogen-bond acceptors (Lipinski definition) is 2. The van der Waals surface area contributed by atoms with Gasteiger partial charge in [-0.25, -0.2) is 0 Å². The molecule has 0 aliphatic carbocycles. The summed E-state index contributed by atoms with van der Waals surface area (Å²) in [7, 11) is 0. The third-order valence-corrected chi connectivity index (χ3v) is 13.9. The van der Waals surface area contributed by atoms with Gasteiger partial charge in [0.1, 0.15) is 0 Å². The van der Waals surface area contributed by atoms with Crippen LogP contribution in [0, 0.1) is 0 Å². The number of hydrogen-bond donors (Lipinski definition) is 1. The van der Waals surface area contributed by atoms with Crippen LogP contribution in [0.1, 0.15) is 0 Å². The first-order valence-corrected chi connectivity index (χ1v) is 17.0. The van der Waals surface area contributed by atoms with Crippen molar-refractivity contribution in [1.82, 2.24) is 0 Å². The summed E-state index contributed by atoms with van der Waals surface area (Å²) in [5.41, 5.74) is 4.76. The van der Waals surface area contributed by atoms with Crippen molar-refractivity contribution >= 4 is 67.5 Å². The Morgan fingerprint density at radius 2 is 1.11 bits per heavy atom. The predicted octanol–water partition coefficient (Wildman–Crippen LogP) is 4.01. The van der Waals surface area contributed by atoms with Crippen molar-refractivity contribution < 1.29 is 8.02 Å². The first-order valence-electron chi connectivity index (χ1n) is 11.9. The molecule has 2 aliphatic heterocycles. The number of rotatable bonds is 0. The van der Waals surface area contributed by atoms with Crippen LogP contribution in [0.5, 0.6) is 0 Å². The van der Waals surface area contributed by atoms with E-state index in [9.17, 15) is 8.02 Å². The Hall–Kier alpha value is -3.36. The van der Waals surface area contributed by atoms with Crippen molar-refractivity contribution in [2.24, 2.45) is 0 Å². The van der Waals surface area contributed by atoms with Gasteiger partial charge in [-0.05, 0) is 0 Å². The topological polar surface area (TPSA) is 37.3 Å². The fraction of sp³-hybridized carbons (Fsp3) is 0. The maximum atomic E-state index is 12.7. The van der Waals surface area contributed by atoms with Crippen LogP contribution in [0.4, 0.5) is 0 Å². The summed E-state index contributed by atoms with van der Waals surface area (Å²) < 4.78 is 27.8. The molecular weight excluding hydrogens is 574 g/mol. The van der Waals surface area contributed by atoms with Crippen molar-refractivity contribution in [3.05, 3.63) is 121 Å². The molecule has 2 unspecified atom stereocenters. The van der Waals surface area contributed by atoms with Gasteiger partial charge < -0.3 is 0 Å². The van der Waals surface area contributed by atoms with Gasteiger partial charge in [-0.3, -0.25) is 0 Å². The molecule has 0 amide bonds. The molecule has 174 valence electrons. The Balaban J connectivity index is 0.000000122. The first-order chi connectivity index (χ1) is 17.7. The van der Waals surface area contributed by atoms with Gasteiger partial charge in [0.05, 0.1) is 0 Å². The van der Waals surface area contributed by atoms with Gasteiger partial charge in [0, 0.05) is 0 Å². The summed E-state index contributed by atoms with van der Waals surface area (Å²) >= 11 is -4.17. The van der Waals surface area contributed by atoms with Crippen LogP contribution in [0.2, 0.25) is 0 Å².